The molecule has 0 spiro atoms. The summed E-state index contributed by atoms with van der Waals surface area (Å²) in [7, 11) is 0. The molecule has 0 fully saturated rings. The normalized spacial score (nSPS) is 11.7. The summed E-state index contributed by atoms with van der Waals surface area (Å²) in [5.74, 6) is 1.46. The third-order valence-electron chi connectivity index (χ3n) is 6.33. The highest BCUT2D eigenvalue weighted by Crippen LogP contribution is 2.28. The van der Waals surface area contributed by atoms with Gasteiger partial charge in [-0.1, -0.05) is 53.7 Å². The summed E-state index contributed by atoms with van der Waals surface area (Å²) in [5, 5.41) is 20.8. The second-order valence-electron chi connectivity index (χ2n) is 9.04. The fourth-order valence-corrected chi connectivity index (χ4v) is 4.25. The number of H-pyrrole nitrogens is 1. The molecule has 0 unspecified atom stereocenters. The standard InChI is InChI=1S/C30H25N7O3/c38-30(32-18-28-34-36-37-35-28)21-10-13-24(14-11-21)33-25(20-6-2-1-3-7-20)19-39-29-15-12-23(17-31-29)27-16-22-8-4-5-9-26(22)40-27/h1-17,25,33H,18-19H2,(H,32,38)(H,34,35,36,37)/t25-/m1/s1. The molecule has 3 heterocycles. The number of furan rings is 1. The largest absolute Gasteiger partial charge is 0.475 e. The van der Waals surface area contributed by atoms with Crippen molar-refractivity contribution in [2.45, 2.75) is 12.6 Å². The van der Waals surface area contributed by atoms with Gasteiger partial charge in [-0.15, -0.1) is 10.2 Å². The average Bonchev–Trinajstić information content (AvgIpc) is 3.69. The minimum Gasteiger partial charge on any atom is -0.475 e. The van der Waals surface area contributed by atoms with Gasteiger partial charge in [-0.3, -0.25) is 4.79 Å². The van der Waals surface area contributed by atoms with Crippen LogP contribution in [0.15, 0.2) is 108 Å². The maximum atomic E-state index is 12.5. The van der Waals surface area contributed by atoms with E-state index in [1.807, 2.05) is 84.9 Å². The number of carbonyl (C=O) groups excluding carboxylic acids is 1. The highest BCUT2D eigenvalue weighted by Gasteiger charge is 2.14. The van der Waals surface area contributed by atoms with Gasteiger partial charge in [0.05, 0.1) is 12.6 Å². The van der Waals surface area contributed by atoms with Crippen LogP contribution in [0.4, 0.5) is 5.69 Å². The van der Waals surface area contributed by atoms with Crippen LogP contribution in [-0.4, -0.2) is 38.1 Å². The number of nitrogens with zero attached hydrogens (tertiary/aromatic N) is 4. The van der Waals surface area contributed by atoms with Crippen LogP contribution >= 0.6 is 0 Å². The first-order valence-electron chi connectivity index (χ1n) is 12.7. The summed E-state index contributed by atoms with van der Waals surface area (Å²) in [5.41, 5.74) is 4.15. The Morgan fingerprint density at radius 2 is 1.77 bits per heavy atom. The van der Waals surface area contributed by atoms with E-state index in [9.17, 15) is 4.79 Å². The van der Waals surface area contributed by atoms with Crippen LogP contribution in [0.3, 0.4) is 0 Å². The first-order valence-corrected chi connectivity index (χ1v) is 12.7. The average molecular weight is 532 g/mol. The van der Waals surface area contributed by atoms with Gasteiger partial charge >= 0.3 is 0 Å². The number of rotatable bonds is 10. The number of pyridine rings is 1. The van der Waals surface area contributed by atoms with Gasteiger partial charge in [0, 0.05) is 34.5 Å². The van der Waals surface area contributed by atoms with Crippen molar-refractivity contribution in [1.29, 1.82) is 0 Å². The molecular weight excluding hydrogens is 506 g/mol. The van der Waals surface area contributed by atoms with Gasteiger partial charge in [0.25, 0.3) is 5.91 Å². The zero-order valence-electron chi connectivity index (χ0n) is 21.3. The Balaban J connectivity index is 1.11. The lowest BCUT2D eigenvalue weighted by Crippen LogP contribution is -2.23. The molecule has 0 saturated carbocycles. The van der Waals surface area contributed by atoms with Gasteiger partial charge in [-0.25, -0.2) is 4.98 Å². The van der Waals surface area contributed by atoms with Crippen LogP contribution in [0.5, 0.6) is 5.88 Å². The Morgan fingerprint density at radius 3 is 2.52 bits per heavy atom. The number of fused-ring (bicyclic) bond motifs is 1. The number of tetrazole rings is 1. The fraction of sp³-hybridized carbons (Fsp3) is 0.100. The van der Waals surface area contributed by atoms with Gasteiger partial charge in [0.1, 0.15) is 18.0 Å². The zero-order chi connectivity index (χ0) is 27.1. The minimum absolute atomic E-state index is 0.157. The first-order chi connectivity index (χ1) is 19.7. The monoisotopic (exact) mass is 531 g/mol. The van der Waals surface area contributed by atoms with Crippen LogP contribution in [0.1, 0.15) is 27.8 Å². The van der Waals surface area contributed by atoms with Crippen molar-refractivity contribution in [3.8, 4) is 17.2 Å². The third kappa shape index (κ3) is 5.81. The number of para-hydroxylation sites is 1. The SMILES string of the molecule is O=C(NCc1nn[nH]n1)c1ccc(N[C@H](COc2ccc(-c3cc4ccccc4o3)cn2)c2ccccc2)cc1. The van der Waals surface area contributed by atoms with E-state index in [0.29, 0.717) is 23.9 Å². The van der Waals surface area contributed by atoms with Crippen LogP contribution < -0.4 is 15.4 Å². The molecule has 3 aromatic carbocycles. The molecule has 10 heteroatoms. The first kappa shape index (κ1) is 24.8. The summed E-state index contributed by atoms with van der Waals surface area (Å²) < 4.78 is 12.0. The third-order valence-corrected chi connectivity index (χ3v) is 6.33. The summed E-state index contributed by atoms with van der Waals surface area (Å²) in [6, 6.07) is 30.8. The lowest BCUT2D eigenvalue weighted by Gasteiger charge is -2.21. The van der Waals surface area contributed by atoms with Crippen molar-refractivity contribution in [2.24, 2.45) is 0 Å². The van der Waals surface area contributed by atoms with E-state index in [0.717, 1.165) is 33.5 Å². The molecule has 6 rings (SSSR count). The smallest absolute Gasteiger partial charge is 0.251 e. The summed E-state index contributed by atoms with van der Waals surface area (Å²) in [6.45, 7) is 0.532. The van der Waals surface area contributed by atoms with Gasteiger partial charge in [-0.05, 0) is 48.0 Å². The Hall–Kier alpha value is -5.51. The number of nitrogens with one attached hydrogen (secondary N) is 3. The molecule has 0 aliphatic carbocycles. The van der Waals surface area contributed by atoms with E-state index in [1.165, 1.54) is 0 Å². The van der Waals surface area contributed by atoms with Crippen molar-refractivity contribution >= 4 is 22.6 Å². The zero-order valence-corrected chi connectivity index (χ0v) is 21.3. The van der Waals surface area contributed by atoms with E-state index in [4.69, 9.17) is 9.15 Å². The van der Waals surface area contributed by atoms with Crippen molar-refractivity contribution < 1.29 is 13.9 Å². The number of benzene rings is 3. The highest BCUT2D eigenvalue weighted by molar-refractivity contribution is 5.94. The van der Waals surface area contributed by atoms with Crippen LogP contribution in [0.25, 0.3) is 22.3 Å². The van der Waals surface area contributed by atoms with Crippen molar-refractivity contribution in [3.05, 3.63) is 120 Å². The molecule has 0 radical (unpaired) electrons. The molecule has 10 nitrogen and oxygen atoms in total. The van der Waals surface area contributed by atoms with Crippen LogP contribution in [0, 0.1) is 0 Å². The Bertz CT molecular complexity index is 1650. The predicted octanol–water partition coefficient (Wildman–Crippen LogP) is 5.17. The Labute approximate surface area is 229 Å². The number of aromatic nitrogens is 5. The molecule has 1 amide bonds. The van der Waals surface area contributed by atoms with E-state index in [1.54, 1.807) is 18.3 Å². The highest BCUT2D eigenvalue weighted by atomic mass is 16.5. The minimum atomic E-state index is -0.225. The second kappa shape index (κ2) is 11.5. The fourth-order valence-electron chi connectivity index (χ4n) is 4.25. The Morgan fingerprint density at radius 1 is 0.950 bits per heavy atom. The van der Waals surface area contributed by atoms with E-state index >= 15 is 0 Å². The van der Waals surface area contributed by atoms with Crippen LogP contribution in [0.2, 0.25) is 0 Å². The van der Waals surface area contributed by atoms with Gasteiger partial charge in [-0.2, -0.15) is 5.21 Å². The molecular formula is C30H25N7O3. The van der Waals surface area contributed by atoms with Crippen molar-refractivity contribution in [2.75, 3.05) is 11.9 Å². The van der Waals surface area contributed by atoms with E-state index < -0.39 is 0 Å². The molecule has 3 N–H and O–H groups in total. The molecule has 0 saturated heterocycles. The number of hydrogen-bond donors (Lipinski definition) is 3. The number of aromatic amines is 1. The molecule has 40 heavy (non-hydrogen) atoms. The molecule has 1 atom stereocenters. The van der Waals surface area contributed by atoms with E-state index in [-0.39, 0.29) is 18.5 Å². The maximum Gasteiger partial charge on any atom is 0.251 e. The number of ether oxygens (including phenoxy) is 1. The molecule has 0 aliphatic heterocycles. The predicted molar refractivity (Wildman–Crippen MR) is 150 cm³/mol. The van der Waals surface area contributed by atoms with Gasteiger partial charge in [0.15, 0.2) is 5.82 Å². The number of amides is 1. The molecule has 0 bridgehead atoms. The summed E-state index contributed by atoms with van der Waals surface area (Å²) in [4.78, 5) is 17.0. The maximum absolute atomic E-state index is 12.5. The summed E-state index contributed by atoms with van der Waals surface area (Å²) in [6.07, 6.45) is 1.75. The number of anilines is 1. The Kier molecular flexibility index (Phi) is 7.12. The van der Waals surface area contributed by atoms with Gasteiger partial charge < -0.3 is 19.8 Å². The molecule has 0 aliphatic rings. The van der Waals surface area contributed by atoms with Crippen LogP contribution in [-0.2, 0) is 6.54 Å². The molecule has 6 aromatic rings. The lowest BCUT2D eigenvalue weighted by molar-refractivity contribution is 0.0950. The van der Waals surface area contributed by atoms with Crippen molar-refractivity contribution in [3.63, 3.8) is 0 Å². The topological polar surface area (TPSA) is 131 Å². The van der Waals surface area contributed by atoms with E-state index in [2.05, 4.69) is 36.2 Å². The molecule has 198 valence electrons. The second-order valence-corrected chi connectivity index (χ2v) is 9.04. The van der Waals surface area contributed by atoms with Crippen molar-refractivity contribution in [1.82, 2.24) is 30.9 Å². The van der Waals surface area contributed by atoms with Gasteiger partial charge in [0.2, 0.25) is 5.88 Å². The number of carbonyl (C=O) groups is 1. The molecule has 3 aromatic heterocycles. The quantitative estimate of drug-likeness (QED) is 0.221. The lowest BCUT2D eigenvalue weighted by atomic mass is 10.1. The summed E-state index contributed by atoms with van der Waals surface area (Å²) >= 11 is 0. The number of hydrogen-bond acceptors (Lipinski definition) is 8.